The van der Waals surface area contributed by atoms with E-state index in [2.05, 4.69) is 66.3 Å². The zero-order valence-electron chi connectivity index (χ0n) is 11.9. The van der Waals surface area contributed by atoms with Gasteiger partial charge < -0.3 is 5.32 Å². The van der Waals surface area contributed by atoms with E-state index in [1.807, 2.05) is 0 Å². The van der Waals surface area contributed by atoms with Gasteiger partial charge in [-0.15, -0.1) is 0 Å². The average molecular weight is 312 g/mol. The van der Waals surface area contributed by atoms with Crippen molar-refractivity contribution in [2.75, 3.05) is 0 Å². The summed E-state index contributed by atoms with van der Waals surface area (Å²) in [6, 6.07) is 9.86. The third-order valence-electron chi connectivity index (χ3n) is 3.39. The minimum Gasteiger partial charge on any atom is -0.307 e. The van der Waals surface area contributed by atoms with E-state index in [0.29, 0.717) is 12.1 Å². The molecule has 1 N–H and O–H groups in total. The van der Waals surface area contributed by atoms with Crippen molar-refractivity contribution in [1.82, 2.24) is 5.32 Å². The summed E-state index contributed by atoms with van der Waals surface area (Å²) in [7, 11) is 0. The lowest BCUT2D eigenvalue weighted by Gasteiger charge is -2.25. The Morgan fingerprint density at radius 1 is 1.00 bits per heavy atom. The normalized spacial score (nSPS) is 12.9. The first kappa shape index (κ1) is 15.7. The van der Waals surface area contributed by atoms with Crippen LogP contribution in [0.1, 0.15) is 64.5 Å². The molecule has 1 atom stereocenters. The SMILES string of the molecule is CCCC(CCC)NC(CC)c1ccc(Br)cc1. The predicted octanol–water partition coefficient (Wildman–Crippen LogP) is 5.46. The monoisotopic (exact) mass is 311 g/mol. The van der Waals surface area contributed by atoms with Gasteiger partial charge in [-0.3, -0.25) is 0 Å². The maximum absolute atomic E-state index is 3.83. The molecule has 0 saturated carbocycles. The second-order valence-corrected chi connectivity index (χ2v) is 5.87. The minimum atomic E-state index is 0.487. The number of nitrogens with one attached hydrogen (secondary N) is 1. The Kier molecular flexibility index (Phi) is 7.60. The fourth-order valence-corrected chi connectivity index (χ4v) is 2.70. The average Bonchev–Trinajstić information content (AvgIpc) is 2.37. The van der Waals surface area contributed by atoms with Gasteiger partial charge in [-0.2, -0.15) is 0 Å². The summed E-state index contributed by atoms with van der Waals surface area (Å²) >= 11 is 3.50. The van der Waals surface area contributed by atoms with Crippen LogP contribution >= 0.6 is 15.9 Å². The maximum atomic E-state index is 3.83. The smallest absolute Gasteiger partial charge is 0.0320 e. The quantitative estimate of drug-likeness (QED) is 0.672. The van der Waals surface area contributed by atoms with Crippen LogP contribution in [-0.4, -0.2) is 6.04 Å². The van der Waals surface area contributed by atoms with E-state index in [1.54, 1.807) is 0 Å². The highest BCUT2D eigenvalue weighted by atomic mass is 79.9. The molecule has 0 aromatic heterocycles. The predicted molar refractivity (Wildman–Crippen MR) is 83.9 cm³/mol. The van der Waals surface area contributed by atoms with E-state index < -0.39 is 0 Å². The van der Waals surface area contributed by atoms with Crippen LogP contribution in [0.4, 0.5) is 0 Å². The van der Waals surface area contributed by atoms with Gasteiger partial charge >= 0.3 is 0 Å². The first-order chi connectivity index (χ1) is 8.71. The van der Waals surface area contributed by atoms with E-state index in [1.165, 1.54) is 31.2 Å². The van der Waals surface area contributed by atoms with Crippen LogP contribution in [0.25, 0.3) is 0 Å². The highest BCUT2D eigenvalue weighted by molar-refractivity contribution is 9.10. The van der Waals surface area contributed by atoms with Crippen molar-refractivity contribution < 1.29 is 0 Å². The van der Waals surface area contributed by atoms with E-state index in [0.717, 1.165) is 10.9 Å². The van der Waals surface area contributed by atoms with Crippen LogP contribution < -0.4 is 5.32 Å². The Morgan fingerprint density at radius 2 is 1.56 bits per heavy atom. The molecule has 1 unspecified atom stereocenters. The molecule has 1 aromatic rings. The van der Waals surface area contributed by atoms with Crippen LogP contribution in [0.3, 0.4) is 0 Å². The zero-order chi connectivity index (χ0) is 13.4. The van der Waals surface area contributed by atoms with Gasteiger partial charge in [0, 0.05) is 16.6 Å². The van der Waals surface area contributed by atoms with Crippen molar-refractivity contribution in [3.63, 3.8) is 0 Å². The van der Waals surface area contributed by atoms with Crippen molar-refractivity contribution in [2.45, 2.75) is 65.0 Å². The fourth-order valence-electron chi connectivity index (χ4n) is 2.44. The molecule has 0 amide bonds. The molecule has 0 saturated heterocycles. The van der Waals surface area contributed by atoms with Crippen LogP contribution in [0, 0.1) is 0 Å². The molecule has 18 heavy (non-hydrogen) atoms. The molecular formula is C16H26BrN. The van der Waals surface area contributed by atoms with E-state index in [9.17, 15) is 0 Å². The second kappa shape index (κ2) is 8.71. The standard InChI is InChI=1S/C16H26BrN/c1-4-7-15(8-5-2)18-16(6-3)13-9-11-14(17)12-10-13/h9-12,15-16,18H,4-8H2,1-3H3. The third kappa shape index (κ3) is 5.11. The molecule has 0 radical (unpaired) electrons. The Bertz CT molecular complexity index is 314. The molecule has 0 aliphatic heterocycles. The van der Waals surface area contributed by atoms with Crippen molar-refractivity contribution in [3.8, 4) is 0 Å². The molecule has 1 nitrogen and oxygen atoms in total. The Labute approximate surface area is 120 Å². The zero-order valence-corrected chi connectivity index (χ0v) is 13.5. The van der Waals surface area contributed by atoms with Gasteiger partial charge in [0.15, 0.2) is 0 Å². The molecule has 1 aromatic carbocycles. The van der Waals surface area contributed by atoms with E-state index in [4.69, 9.17) is 0 Å². The maximum Gasteiger partial charge on any atom is 0.0320 e. The van der Waals surface area contributed by atoms with Crippen LogP contribution in [0.2, 0.25) is 0 Å². The molecule has 0 aliphatic carbocycles. The molecule has 2 heteroatoms. The summed E-state index contributed by atoms with van der Waals surface area (Å²) in [5.74, 6) is 0. The lowest BCUT2D eigenvalue weighted by Crippen LogP contribution is -2.32. The summed E-state index contributed by atoms with van der Waals surface area (Å²) in [5.41, 5.74) is 1.40. The van der Waals surface area contributed by atoms with Crippen LogP contribution in [0.5, 0.6) is 0 Å². The number of rotatable bonds is 8. The lowest BCUT2D eigenvalue weighted by atomic mass is 10.0. The molecule has 0 spiro atoms. The fraction of sp³-hybridized carbons (Fsp3) is 0.625. The summed E-state index contributed by atoms with van der Waals surface area (Å²) in [6.07, 6.45) is 6.22. The van der Waals surface area contributed by atoms with Gasteiger partial charge in [0.2, 0.25) is 0 Å². The summed E-state index contributed by atoms with van der Waals surface area (Å²) in [4.78, 5) is 0. The topological polar surface area (TPSA) is 12.0 Å². The second-order valence-electron chi connectivity index (χ2n) is 4.95. The van der Waals surface area contributed by atoms with Crippen molar-refractivity contribution in [3.05, 3.63) is 34.3 Å². The molecule has 102 valence electrons. The Morgan fingerprint density at radius 3 is 2.00 bits per heavy atom. The number of benzene rings is 1. The summed E-state index contributed by atoms with van der Waals surface area (Å²) in [5, 5.41) is 3.83. The molecular weight excluding hydrogens is 286 g/mol. The van der Waals surface area contributed by atoms with Crippen molar-refractivity contribution in [1.29, 1.82) is 0 Å². The summed E-state index contributed by atoms with van der Waals surface area (Å²) < 4.78 is 1.15. The highest BCUT2D eigenvalue weighted by Gasteiger charge is 2.14. The van der Waals surface area contributed by atoms with Gasteiger partial charge in [0.1, 0.15) is 0 Å². The van der Waals surface area contributed by atoms with Crippen molar-refractivity contribution in [2.24, 2.45) is 0 Å². The Balaban J connectivity index is 2.67. The first-order valence-corrected chi connectivity index (χ1v) is 8.02. The molecule has 1 rings (SSSR count). The summed E-state index contributed by atoms with van der Waals surface area (Å²) in [6.45, 7) is 6.80. The number of halogens is 1. The Hall–Kier alpha value is -0.340. The molecule has 0 heterocycles. The van der Waals surface area contributed by atoms with E-state index >= 15 is 0 Å². The highest BCUT2D eigenvalue weighted by Crippen LogP contribution is 2.21. The van der Waals surface area contributed by atoms with Crippen LogP contribution in [-0.2, 0) is 0 Å². The van der Waals surface area contributed by atoms with E-state index in [-0.39, 0.29) is 0 Å². The van der Waals surface area contributed by atoms with Crippen molar-refractivity contribution >= 4 is 15.9 Å². The van der Waals surface area contributed by atoms with Crippen LogP contribution in [0.15, 0.2) is 28.7 Å². The van der Waals surface area contributed by atoms with Gasteiger partial charge in [0.05, 0.1) is 0 Å². The van der Waals surface area contributed by atoms with Gasteiger partial charge in [-0.05, 0) is 37.0 Å². The van der Waals surface area contributed by atoms with Gasteiger partial charge in [-0.1, -0.05) is 61.7 Å². The lowest BCUT2D eigenvalue weighted by molar-refractivity contribution is 0.382. The largest absolute Gasteiger partial charge is 0.307 e. The molecule has 0 fully saturated rings. The minimum absolute atomic E-state index is 0.487. The van der Waals surface area contributed by atoms with Gasteiger partial charge in [-0.25, -0.2) is 0 Å². The first-order valence-electron chi connectivity index (χ1n) is 7.22. The third-order valence-corrected chi connectivity index (χ3v) is 3.92. The van der Waals surface area contributed by atoms with Gasteiger partial charge in [0.25, 0.3) is 0 Å². The molecule has 0 bridgehead atoms. The number of hydrogen-bond donors (Lipinski definition) is 1. The molecule has 0 aliphatic rings. The number of hydrogen-bond acceptors (Lipinski definition) is 1.